The minimum atomic E-state index is 0.408. The zero-order valence-electron chi connectivity index (χ0n) is 10.5. The van der Waals surface area contributed by atoms with Crippen LogP contribution in [0.25, 0.3) is 0 Å². The quantitative estimate of drug-likeness (QED) is 0.622. The third-order valence-electron chi connectivity index (χ3n) is 3.47. The molecule has 0 atom stereocenters. The number of hydrazine groups is 1. The summed E-state index contributed by atoms with van der Waals surface area (Å²) in [7, 11) is 0. The molecule has 1 aliphatic carbocycles. The van der Waals surface area contributed by atoms with Crippen LogP contribution < -0.4 is 16.0 Å². The second kappa shape index (κ2) is 6.03. The van der Waals surface area contributed by atoms with Gasteiger partial charge in [0.15, 0.2) is 0 Å². The fourth-order valence-corrected chi connectivity index (χ4v) is 2.40. The Labute approximate surface area is 103 Å². The largest absolute Gasteiger partial charge is 0.490 e. The van der Waals surface area contributed by atoms with Gasteiger partial charge in [-0.1, -0.05) is 12.5 Å². The molecule has 0 saturated heterocycles. The maximum Gasteiger partial charge on any atom is 0.120 e. The summed E-state index contributed by atoms with van der Waals surface area (Å²) < 4.78 is 6.03. The van der Waals surface area contributed by atoms with Crippen molar-refractivity contribution in [2.24, 2.45) is 5.84 Å². The van der Waals surface area contributed by atoms with Gasteiger partial charge in [-0.05, 0) is 55.9 Å². The number of aryl methyl sites for hydroxylation is 1. The number of nitrogens with one attached hydrogen (secondary N) is 1. The molecule has 1 saturated carbocycles. The molecule has 3 nitrogen and oxygen atoms in total. The lowest BCUT2D eigenvalue weighted by molar-refractivity contribution is 0.155. The Morgan fingerprint density at radius 3 is 2.76 bits per heavy atom. The molecule has 94 valence electrons. The van der Waals surface area contributed by atoms with Crippen LogP contribution in [0.3, 0.4) is 0 Å². The maximum atomic E-state index is 6.03. The van der Waals surface area contributed by atoms with Crippen molar-refractivity contribution >= 4 is 0 Å². The van der Waals surface area contributed by atoms with Crippen LogP contribution >= 0.6 is 0 Å². The molecule has 2 rings (SSSR count). The number of hydrogen-bond donors (Lipinski definition) is 2. The zero-order valence-corrected chi connectivity index (χ0v) is 10.5. The molecule has 1 fully saturated rings. The summed E-state index contributed by atoms with van der Waals surface area (Å²) in [6.07, 6.45) is 6.75. The Morgan fingerprint density at radius 2 is 2.06 bits per heavy atom. The minimum absolute atomic E-state index is 0.408. The van der Waals surface area contributed by atoms with Crippen LogP contribution in [0.5, 0.6) is 5.75 Å². The van der Waals surface area contributed by atoms with E-state index in [1.54, 1.807) is 0 Å². The van der Waals surface area contributed by atoms with Gasteiger partial charge in [-0.15, -0.1) is 0 Å². The lowest BCUT2D eigenvalue weighted by Crippen LogP contribution is -2.22. The van der Waals surface area contributed by atoms with Crippen LogP contribution in [-0.2, 0) is 6.54 Å². The fourth-order valence-electron chi connectivity index (χ4n) is 2.40. The van der Waals surface area contributed by atoms with E-state index in [0.717, 1.165) is 5.75 Å². The topological polar surface area (TPSA) is 47.3 Å². The van der Waals surface area contributed by atoms with Crippen molar-refractivity contribution in [2.45, 2.75) is 51.7 Å². The molecule has 0 aromatic heterocycles. The smallest absolute Gasteiger partial charge is 0.120 e. The summed E-state index contributed by atoms with van der Waals surface area (Å²) >= 11 is 0. The third kappa shape index (κ3) is 3.45. The molecule has 0 heterocycles. The highest BCUT2D eigenvalue weighted by molar-refractivity contribution is 5.35. The monoisotopic (exact) mass is 234 g/mol. The third-order valence-corrected chi connectivity index (χ3v) is 3.47. The highest BCUT2D eigenvalue weighted by Gasteiger charge is 2.15. The van der Waals surface area contributed by atoms with Crippen LogP contribution in [-0.4, -0.2) is 6.10 Å². The molecule has 1 aromatic rings. The molecule has 1 aromatic carbocycles. The van der Waals surface area contributed by atoms with Crippen molar-refractivity contribution in [3.8, 4) is 5.75 Å². The van der Waals surface area contributed by atoms with Gasteiger partial charge < -0.3 is 4.74 Å². The van der Waals surface area contributed by atoms with Gasteiger partial charge in [0.05, 0.1) is 6.10 Å². The molecule has 0 amide bonds. The Kier molecular flexibility index (Phi) is 4.40. The van der Waals surface area contributed by atoms with Gasteiger partial charge in [0.25, 0.3) is 0 Å². The number of nitrogens with two attached hydrogens (primary N) is 1. The molecule has 0 spiro atoms. The van der Waals surface area contributed by atoms with E-state index in [4.69, 9.17) is 10.6 Å². The van der Waals surface area contributed by atoms with Gasteiger partial charge >= 0.3 is 0 Å². The lowest BCUT2D eigenvalue weighted by Gasteiger charge is -2.23. The summed E-state index contributed by atoms with van der Waals surface area (Å²) in [6.45, 7) is 2.78. The summed E-state index contributed by atoms with van der Waals surface area (Å²) in [5.41, 5.74) is 5.16. The zero-order chi connectivity index (χ0) is 12.1. The normalized spacial score (nSPS) is 17.1. The SMILES string of the molecule is Cc1ccc(OC2CCCCC2)cc1CNN. The van der Waals surface area contributed by atoms with Crippen molar-refractivity contribution in [3.63, 3.8) is 0 Å². The molecule has 17 heavy (non-hydrogen) atoms. The van der Waals surface area contributed by atoms with Gasteiger partial charge in [0.1, 0.15) is 5.75 Å². The van der Waals surface area contributed by atoms with E-state index in [1.165, 1.54) is 43.2 Å². The average Bonchev–Trinajstić information content (AvgIpc) is 2.35. The Hall–Kier alpha value is -1.06. The predicted molar refractivity (Wildman–Crippen MR) is 69.7 cm³/mol. The van der Waals surface area contributed by atoms with Crippen molar-refractivity contribution in [3.05, 3.63) is 29.3 Å². The van der Waals surface area contributed by atoms with E-state index in [9.17, 15) is 0 Å². The minimum Gasteiger partial charge on any atom is -0.490 e. The van der Waals surface area contributed by atoms with Crippen molar-refractivity contribution < 1.29 is 4.74 Å². The van der Waals surface area contributed by atoms with Crippen molar-refractivity contribution in [1.29, 1.82) is 0 Å². The van der Waals surface area contributed by atoms with Crippen LogP contribution in [0.1, 0.15) is 43.2 Å². The number of benzene rings is 1. The van der Waals surface area contributed by atoms with Crippen LogP contribution in [0.2, 0.25) is 0 Å². The van der Waals surface area contributed by atoms with Gasteiger partial charge in [-0.2, -0.15) is 0 Å². The Bertz CT molecular complexity index is 359. The molecular weight excluding hydrogens is 212 g/mol. The first-order valence-electron chi connectivity index (χ1n) is 6.49. The molecule has 3 heteroatoms. The molecule has 0 radical (unpaired) electrons. The van der Waals surface area contributed by atoms with E-state index < -0.39 is 0 Å². The molecule has 0 aliphatic heterocycles. The summed E-state index contributed by atoms with van der Waals surface area (Å²) in [4.78, 5) is 0. The molecule has 1 aliphatic rings. The molecule has 0 unspecified atom stereocenters. The Balaban J connectivity index is 2.02. The van der Waals surface area contributed by atoms with Gasteiger partial charge in [-0.25, -0.2) is 0 Å². The second-order valence-electron chi connectivity index (χ2n) is 4.85. The molecule has 3 N–H and O–H groups in total. The lowest BCUT2D eigenvalue weighted by atomic mass is 9.98. The van der Waals surface area contributed by atoms with Gasteiger partial charge in [0.2, 0.25) is 0 Å². The highest BCUT2D eigenvalue weighted by atomic mass is 16.5. The van der Waals surface area contributed by atoms with E-state index in [-0.39, 0.29) is 0 Å². The fraction of sp³-hybridized carbons (Fsp3) is 0.571. The standard InChI is InChI=1S/C14H22N2O/c1-11-7-8-14(9-12(11)10-16-15)17-13-5-3-2-4-6-13/h7-9,13,16H,2-6,10,15H2,1H3. The van der Waals surface area contributed by atoms with Crippen LogP contribution in [0, 0.1) is 6.92 Å². The van der Waals surface area contributed by atoms with E-state index in [0.29, 0.717) is 12.6 Å². The Morgan fingerprint density at radius 1 is 1.29 bits per heavy atom. The first-order chi connectivity index (χ1) is 8.29. The summed E-state index contributed by atoms with van der Waals surface area (Å²) in [5.74, 6) is 6.35. The molecular formula is C14H22N2O. The van der Waals surface area contributed by atoms with Crippen LogP contribution in [0.15, 0.2) is 18.2 Å². The second-order valence-corrected chi connectivity index (χ2v) is 4.85. The maximum absolute atomic E-state index is 6.03. The number of hydrogen-bond acceptors (Lipinski definition) is 3. The van der Waals surface area contributed by atoms with Crippen molar-refractivity contribution in [1.82, 2.24) is 5.43 Å². The van der Waals surface area contributed by atoms with Crippen LogP contribution in [0.4, 0.5) is 0 Å². The summed E-state index contributed by atoms with van der Waals surface area (Å²) in [6, 6.07) is 6.26. The first kappa shape index (κ1) is 12.4. The first-order valence-corrected chi connectivity index (χ1v) is 6.49. The number of ether oxygens (including phenoxy) is 1. The van der Waals surface area contributed by atoms with E-state index in [1.807, 2.05) is 0 Å². The molecule has 0 bridgehead atoms. The van der Waals surface area contributed by atoms with Gasteiger partial charge in [-0.3, -0.25) is 11.3 Å². The average molecular weight is 234 g/mol. The number of rotatable bonds is 4. The van der Waals surface area contributed by atoms with Gasteiger partial charge in [0, 0.05) is 6.54 Å². The summed E-state index contributed by atoms with van der Waals surface area (Å²) in [5, 5.41) is 0. The highest BCUT2D eigenvalue weighted by Crippen LogP contribution is 2.24. The van der Waals surface area contributed by atoms with E-state index in [2.05, 4.69) is 30.5 Å². The predicted octanol–water partition coefficient (Wildman–Crippen LogP) is 2.67. The van der Waals surface area contributed by atoms with E-state index >= 15 is 0 Å². The van der Waals surface area contributed by atoms with Crippen molar-refractivity contribution in [2.75, 3.05) is 0 Å².